The summed E-state index contributed by atoms with van der Waals surface area (Å²) in [6.45, 7) is 10.4. The first-order chi connectivity index (χ1) is 13.8. The van der Waals surface area contributed by atoms with Crippen LogP contribution in [0.3, 0.4) is 0 Å². The van der Waals surface area contributed by atoms with Crippen molar-refractivity contribution in [1.82, 2.24) is 15.2 Å². The average molecular weight is 418 g/mol. The van der Waals surface area contributed by atoms with Crippen molar-refractivity contribution in [3.8, 4) is 0 Å². The fourth-order valence-corrected chi connectivity index (χ4v) is 3.99. The molecule has 0 radical (unpaired) electrons. The Labute approximate surface area is 176 Å². The Morgan fingerprint density at radius 3 is 2.40 bits per heavy atom. The zero-order valence-electron chi connectivity index (χ0n) is 18.4. The van der Waals surface area contributed by atoms with Crippen LogP contribution in [0.4, 0.5) is 4.79 Å². The lowest BCUT2D eigenvalue weighted by Crippen LogP contribution is -2.48. The number of hydrogen-bond acceptors (Lipinski definition) is 5. The standard InChI is InChI=1S/C22H31N3O5/c1-21(2,3)30-20(29)25-8-6-13(7-9-25)23-18(27)15-10-14-16(24-19(15)28)11-22(4,5)12-17(14)26/h10,13H,6-9,11-12H2,1-5H3,(H,23,27)(H,24,28). The second-order valence-electron chi connectivity index (χ2n) is 10.1. The van der Waals surface area contributed by atoms with Gasteiger partial charge in [-0.15, -0.1) is 0 Å². The van der Waals surface area contributed by atoms with E-state index in [1.807, 2.05) is 34.6 Å². The lowest BCUT2D eigenvalue weighted by atomic mass is 9.75. The van der Waals surface area contributed by atoms with Crippen LogP contribution < -0.4 is 10.9 Å². The molecule has 0 atom stereocenters. The fourth-order valence-electron chi connectivity index (χ4n) is 3.99. The maximum Gasteiger partial charge on any atom is 0.410 e. The van der Waals surface area contributed by atoms with Gasteiger partial charge in [0.2, 0.25) is 0 Å². The minimum atomic E-state index is -0.553. The summed E-state index contributed by atoms with van der Waals surface area (Å²) in [5.41, 5.74) is -0.261. The number of nitrogens with zero attached hydrogens (tertiary/aromatic N) is 1. The number of H-pyrrole nitrogens is 1. The van der Waals surface area contributed by atoms with Crippen molar-refractivity contribution in [2.75, 3.05) is 13.1 Å². The summed E-state index contributed by atoms with van der Waals surface area (Å²) >= 11 is 0. The van der Waals surface area contributed by atoms with Crippen LogP contribution in [0.1, 0.15) is 80.3 Å². The molecule has 0 unspecified atom stereocenters. The van der Waals surface area contributed by atoms with Crippen molar-refractivity contribution in [3.63, 3.8) is 0 Å². The maximum atomic E-state index is 12.7. The summed E-state index contributed by atoms with van der Waals surface area (Å²) in [7, 11) is 0. The summed E-state index contributed by atoms with van der Waals surface area (Å²) in [5, 5.41) is 2.87. The number of rotatable bonds is 2. The molecule has 8 nitrogen and oxygen atoms in total. The number of carbonyl (C=O) groups is 3. The average Bonchev–Trinajstić information content (AvgIpc) is 2.59. The topological polar surface area (TPSA) is 109 Å². The number of carbonyl (C=O) groups excluding carboxylic acids is 3. The fraction of sp³-hybridized carbons (Fsp3) is 0.636. The van der Waals surface area contributed by atoms with E-state index in [4.69, 9.17) is 4.74 Å². The summed E-state index contributed by atoms with van der Waals surface area (Å²) in [6.07, 6.45) is 1.76. The molecule has 1 aliphatic heterocycles. The second-order valence-corrected chi connectivity index (χ2v) is 10.1. The third kappa shape index (κ3) is 5.09. The number of ether oxygens (including phenoxy) is 1. The molecule has 8 heteroatoms. The summed E-state index contributed by atoms with van der Waals surface area (Å²) < 4.78 is 5.38. The summed E-state index contributed by atoms with van der Waals surface area (Å²) in [5.74, 6) is -0.551. The van der Waals surface area contributed by atoms with Crippen LogP contribution in [0.15, 0.2) is 10.9 Å². The highest BCUT2D eigenvalue weighted by molar-refractivity contribution is 6.02. The van der Waals surface area contributed by atoms with Crippen molar-refractivity contribution in [1.29, 1.82) is 0 Å². The quantitative estimate of drug-likeness (QED) is 0.769. The molecule has 1 aliphatic carbocycles. The number of ketones is 1. The van der Waals surface area contributed by atoms with Gasteiger partial charge in [0.1, 0.15) is 11.2 Å². The monoisotopic (exact) mass is 417 g/mol. The molecule has 2 amide bonds. The number of aromatic amines is 1. The summed E-state index contributed by atoms with van der Waals surface area (Å²) in [4.78, 5) is 54.2. The maximum absolute atomic E-state index is 12.7. The van der Waals surface area contributed by atoms with Gasteiger partial charge in [0.15, 0.2) is 5.78 Å². The number of likely N-dealkylation sites (tertiary alicyclic amines) is 1. The molecule has 1 fully saturated rings. The second kappa shape index (κ2) is 7.89. The van der Waals surface area contributed by atoms with Crippen LogP contribution in [0.2, 0.25) is 0 Å². The highest BCUT2D eigenvalue weighted by Gasteiger charge is 2.33. The minimum absolute atomic E-state index is 0.0450. The molecule has 1 aromatic heterocycles. The van der Waals surface area contributed by atoms with Crippen molar-refractivity contribution < 1.29 is 19.1 Å². The SMILES string of the molecule is CC1(C)CC(=O)c2cc(C(=O)NC3CCN(C(=O)OC(C)(C)C)CC3)c(=O)[nH]c2C1. The number of aromatic nitrogens is 1. The van der Waals surface area contributed by atoms with Gasteiger partial charge in [-0.3, -0.25) is 14.4 Å². The normalized spacial score (nSPS) is 19.2. The van der Waals surface area contributed by atoms with Gasteiger partial charge in [-0.2, -0.15) is 0 Å². The van der Waals surface area contributed by atoms with E-state index in [1.165, 1.54) is 6.07 Å². The molecule has 1 saturated heterocycles. The molecule has 2 heterocycles. The lowest BCUT2D eigenvalue weighted by Gasteiger charge is -2.33. The number of piperidine rings is 1. The lowest BCUT2D eigenvalue weighted by molar-refractivity contribution is 0.0199. The largest absolute Gasteiger partial charge is 0.444 e. The number of fused-ring (bicyclic) bond motifs is 1. The van der Waals surface area contributed by atoms with Gasteiger partial charge < -0.3 is 19.9 Å². The van der Waals surface area contributed by atoms with Crippen LogP contribution in [-0.4, -0.2) is 52.4 Å². The number of pyridine rings is 1. The van der Waals surface area contributed by atoms with Gasteiger partial charge in [-0.05, 0) is 51.5 Å². The first-order valence-corrected chi connectivity index (χ1v) is 10.4. The van der Waals surface area contributed by atoms with Crippen LogP contribution in [-0.2, 0) is 11.2 Å². The van der Waals surface area contributed by atoms with Gasteiger partial charge in [-0.1, -0.05) is 13.8 Å². The van der Waals surface area contributed by atoms with Gasteiger partial charge >= 0.3 is 6.09 Å². The summed E-state index contributed by atoms with van der Waals surface area (Å²) in [6, 6.07) is 1.28. The van der Waals surface area contributed by atoms with E-state index in [0.29, 0.717) is 50.0 Å². The Morgan fingerprint density at radius 2 is 1.80 bits per heavy atom. The van der Waals surface area contributed by atoms with E-state index in [1.54, 1.807) is 4.90 Å². The van der Waals surface area contributed by atoms with E-state index in [0.717, 1.165) is 0 Å². The molecule has 0 bridgehead atoms. The zero-order chi connectivity index (χ0) is 22.3. The van der Waals surface area contributed by atoms with E-state index < -0.39 is 17.1 Å². The molecular formula is C22H31N3O5. The van der Waals surface area contributed by atoms with Gasteiger partial charge in [0.25, 0.3) is 11.5 Å². The number of Topliss-reactive ketones (excluding diaryl/α,β-unsaturated/α-hetero) is 1. The third-order valence-corrected chi connectivity index (χ3v) is 5.44. The molecule has 0 spiro atoms. The molecule has 2 N–H and O–H groups in total. The van der Waals surface area contributed by atoms with E-state index in [9.17, 15) is 19.2 Å². The zero-order valence-corrected chi connectivity index (χ0v) is 18.4. The van der Waals surface area contributed by atoms with E-state index >= 15 is 0 Å². The molecule has 164 valence electrons. The third-order valence-electron chi connectivity index (χ3n) is 5.44. The van der Waals surface area contributed by atoms with Gasteiger partial charge in [0.05, 0.1) is 0 Å². The number of amides is 2. The van der Waals surface area contributed by atoms with Gasteiger partial charge in [-0.25, -0.2) is 4.79 Å². The van der Waals surface area contributed by atoms with Gasteiger partial charge in [0, 0.05) is 36.8 Å². The van der Waals surface area contributed by atoms with E-state index in [2.05, 4.69) is 10.3 Å². The molecular weight excluding hydrogens is 386 g/mol. The first kappa shape index (κ1) is 22.1. The van der Waals surface area contributed by atoms with Crippen molar-refractivity contribution in [2.24, 2.45) is 5.41 Å². The minimum Gasteiger partial charge on any atom is -0.444 e. The Morgan fingerprint density at radius 1 is 1.17 bits per heavy atom. The number of nitrogens with one attached hydrogen (secondary N) is 2. The Kier molecular flexibility index (Phi) is 5.80. The molecule has 1 aromatic rings. The predicted octanol–water partition coefficient (Wildman–Crippen LogP) is 2.66. The molecule has 3 rings (SSSR count). The Hall–Kier alpha value is -2.64. The Bertz CT molecular complexity index is 918. The molecule has 30 heavy (non-hydrogen) atoms. The number of hydrogen-bond donors (Lipinski definition) is 2. The van der Waals surface area contributed by atoms with Crippen molar-refractivity contribution in [2.45, 2.75) is 71.9 Å². The van der Waals surface area contributed by atoms with Crippen LogP contribution in [0.25, 0.3) is 0 Å². The Balaban J connectivity index is 1.64. The van der Waals surface area contributed by atoms with Crippen LogP contribution in [0, 0.1) is 5.41 Å². The molecule has 2 aliphatic rings. The van der Waals surface area contributed by atoms with Crippen molar-refractivity contribution in [3.05, 3.63) is 33.2 Å². The van der Waals surface area contributed by atoms with Crippen LogP contribution in [0.5, 0.6) is 0 Å². The molecule has 0 aromatic carbocycles. The first-order valence-electron chi connectivity index (χ1n) is 10.4. The predicted molar refractivity (Wildman–Crippen MR) is 112 cm³/mol. The highest BCUT2D eigenvalue weighted by Crippen LogP contribution is 2.33. The van der Waals surface area contributed by atoms with Crippen LogP contribution >= 0.6 is 0 Å². The molecule has 0 saturated carbocycles. The van der Waals surface area contributed by atoms with Crippen molar-refractivity contribution >= 4 is 17.8 Å². The van der Waals surface area contributed by atoms with E-state index in [-0.39, 0.29) is 28.9 Å². The highest BCUT2D eigenvalue weighted by atomic mass is 16.6. The smallest absolute Gasteiger partial charge is 0.410 e.